The lowest BCUT2D eigenvalue weighted by molar-refractivity contribution is -0.132. The van der Waals surface area contributed by atoms with Crippen molar-refractivity contribution in [2.75, 3.05) is 26.2 Å². The number of rotatable bonds is 6. The topological polar surface area (TPSA) is 63.0 Å². The molecule has 1 fully saturated rings. The van der Waals surface area contributed by atoms with Gasteiger partial charge in [-0.15, -0.1) is 0 Å². The molecule has 1 atom stereocenters. The number of carbonyl (C=O) groups excluding carboxylic acids is 2. The summed E-state index contributed by atoms with van der Waals surface area (Å²) >= 11 is 0. The third kappa shape index (κ3) is 5.19. The van der Waals surface area contributed by atoms with Crippen LogP contribution in [0.3, 0.4) is 0 Å². The first-order valence-corrected chi connectivity index (χ1v) is 9.37. The van der Waals surface area contributed by atoms with Crippen molar-refractivity contribution < 1.29 is 23.1 Å². The van der Waals surface area contributed by atoms with Crippen molar-refractivity contribution in [1.82, 2.24) is 9.80 Å². The van der Waals surface area contributed by atoms with Crippen molar-refractivity contribution in [1.29, 1.82) is 0 Å². The third-order valence-corrected chi connectivity index (χ3v) is 4.54. The lowest BCUT2D eigenvalue weighted by atomic mass is 10.2. The zero-order chi connectivity index (χ0) is 20.1. The average Bonchev–Trinajstić information content (AvgIpc) is 3.13. The minimum absolute atomic E-state index is 0.00341. The van der Waals surface area contributed by atoms with Crippen molar-refractivity contribution in [3.8, 4) is 0 Å². The predicted octanol–water partition coefficient (Wildman–Crippen LogP) is 2.94. The van der Waals surface area contributed by atoms with Crippen LogP contribution in [0.4, 0.5) is 4.39 Å². The summed E-state index contributed by atoms with van der Waals surface area (Å²) in [6, 6.07) is 7.79. The second-order valence-corrected chi connectivity index (χ2v) is 7.45. The first-order chi connectivity index (χ1) is 13.4. The number of furan rings is 1. The Morgan fingerprint density at radius 3 is 2.82 bits per heavy atom. The summed E-state index contributed by atoms with van der Waals surface area (Å²) in [7, 11) is 0. The fourth-order valence-electron chi connectivity index (χ4n) is 3.27. The highest BCUT2D eigenvalue weighted by Crippen LogP contribution is 2.16. The zero-order valence-corrected chi connectivity index (χ0v) is 16.1. The molecule has 0 N–H and O–H groups in total. The Labute approximate surface area is 163 Å². The van der Waals surface area contributed by atoms with Crippen molar-refractivity contribution in [3.05, 3.63) is 59.8 Å². The third-order valence-electron chi connectivity index (χ3n) is 4.54. The molecule has 0 unspecified atom stereocenters. The van der Waals surface area contributed by atoms with E-state index in [9.17, 15) is 14.0 Å². The zero-order valence-electron chi connectivity index (χ0n) is 16.1. The highest BCUT2D eigenvalue weighted by molar-refractivity contribution is 5.96. The number of hydrogen-bond acceptors (Lipinski definition) is 4. The number of benzene rings is 1. The van der Waals surface area contributed by atoms with E-state index in [1.165, 1.54) is 29.6 Å². The molecular formula is C21H25FN2O4. The van der Waals surface area contributed by atoms with Gasteiger partial charge in [0.2, 0.25) is 5.91 Å². The first-order valence-electron chi connectivity index (χ1n) is 9.37. The number of ether oxygens (including phenoxy) is 1. The molecule has 0 aliphatic carbocycles. The lowest BCUT2D eigenvalue weighted by Gasteiger charge is -2.26. The summed E-state index contributed by atoms with van der Waals surface area (Å²) in [5.74, 6) is -0.408. The van der Waals surface area contributed by atoms with E-state index in [0.29, 0.717) is 30.1 Å². The Kier molecular flexibility index (Phi) is 6.46. The van der Waals surface area contributed by atoms with Crippen LogP contribution in [0.25, 0.3) is 0 Å². The molecule has 6 nitrogen and oxygen atoms in total. The Balaban J connectivity index is 1.75. The van der Waals surface area contributed by atoms with Crippen molar-refractivity contribution in [3.63, 3.8) is 0 Å². The first kappa shape index (κ1) is 20.1. The van der Waals surface area contributed by atoms with Crippen LogP contribution in [-0.2, 0) is 16.1 Å². The minimum atomic E-state index is -0.371. The number of halogens is 1. The standard InChI is InChI=1S/C21H25FN2O4/c1-15(2)9-23-10-19(28-13-16-4-3-5-18(22)8-16)11-24(12-20(23)25)21(26)17-6-7-27-14-17/h3-8,14-15,19H,9-13H2,1-2H3/t19-/m0/s1. The van der Waals surface area contributed by atoms with Crippen LogP contribution in [0.5, 0.6) is 0 Å². The summed E-state index contributed by atoms with van der Waals surface area (Å²) in [4.78, 5) is 28.7. The van der Waals surface area contributed by atoms with Crippen LogP contribution in [0.1, 0.15) is 29.8 Å². The smallest absolute Gasteiger partial charge is 0.257 e. The van der Waals surface area contributed by atoms with Gasteiger partial charge in [-0.25, -0.2) is 4.39 Å². The maximum Gasteiger partial charge on any atom is 0.257 e. The Morgan fingerprint density at radius 2 is 2.14 bits per heavy atom. The largest absolute Gasteiger partial charge is 0.472 e. The molecule has 7 heteroatoms. The molecule has 1 aromatic carbocycles. The number of amides is 2. The van der Waals surface area contributed by atoms with Gasteiger partial charge in [0.05, 0.1) is 24.5 Å². The Morgan fingerprint density at radius 1 is 1.32 bits per heavy atom. The second kappa shape index (κ2) is 9.01. The molecule has 150 valence electrons. The van der Waals surface area contributed by atoms with E-state index in [4.69, 9.17) is 9.15 Å². The summed E-state index contributed by atoms with van der Waals surface area (Å²) in [5, 5.41) is 0. The van der Waals surface area contributed by atoms with E-state index >= 15 is 0 Å². The van der Waals surface area contributed by atoms with Gasteiger partial charge in [-0.05, 0) is 29.7 Å². The summed E-state index contributed by atoms with van der Waals surface area (Å²) in [5.41, 5.74) is 1.10. The van der Waals surface area contributed by atoms with Gasteiger partial charge in [-0.1, -0.05) is 26.0 Å². The number of nitrogens with zero attached hydrogens (tertiary/aromatic N) is 2. The highest BCUT2D eigenvalue weighted by Gasteiger charge is 2.31. The molecule has 0 spiro atoms. The quantitative estimate of drug-likeness (QED) is 0.763. The van der Waals surface area contributed by atoms with Gasteiger partial charge in [0.1, 0.15) is 18.6 Å². The highest BCUT2D eigenvalue weighted by atomic mass is 19.1. The van der Waals surface area contributed by atoms with Gasteiger partial charge in [0, 0.05) is 19.6 Å². The number of carbonyl (C=O) groups is 2. The molecule has 1 aliphatic heterocycles. The van der Waals surface area contributed by atoms with Crippen LogP contribution in [0.15, 0.2) is 47.3 Å². The molecule has 2 heterocycles. The molecule has 1 aromatic heterocycles. The van der Waals surface area contributed by atoms with Gasteiger partial charge >= 0.3 is 0 Å². The van der Waals surface area contributed by atoms with Crippen LogP contribution >= 0.6 is 0 Å². The second-order valence-electron chi connectivity index (χ2n) is 7.45. The van der Waals surface area contributed by atoms with Crippen LogP contribution in [0, 0.1) is 11.7 Å². The molecule has 2 amide bonds. The van der Waals surface area contributed by atoms with Gasteiger partial charge in [-0.2, -0.15) is 0 Å². The Bertz CT molecular complexity index is 806. The van der Waals surface area contributed by atoms with Gasteiger partial charge in [0.25, 0.3) is 5.91 Å². The molecule has 0 saturated carbocycles. The molecule has 1 aliphatic rings. The van der Waals surface area contributed by atoms with Gasteiger partial charge < -0.3 is 19.0 Å². The molecule has 0 radical (unpaired) electrons. The van der Waals surface area contributed by atoms with E-state index in [1.54, 1.807) is 23.1 Å². The van der Waals surface area contributed by atoms with E-state index < -0.39 is 0 Å². The fourth-order valence-corrected chi connectivity index (χ4v) is 3.27. The van der Waals surface area contributed by atoms with E-state index in [0.717, 1.165) is 0 Å². The summed E-state index contributed by atoms with van der Waals surface area (Å²) in [6.45, 7) is 5.54. The maximum atomic E-state index is 13.4. The SMILES string of the molecule is CC(C)CN1C[C@H](OCc2cccc(F)c2)CN(C(=O)c2ccoc2)CC1=O. The van der Waals surface area contributed by atoms with Crippen LogP contribution < -0.4 is 0 Å². The average molecular weight is 388 g/mol. The van der Waals surface area contributed by atoms with E-state index in [2.05, 4.69) is 0 Å². The molecule has 2 aromatic rings. The van der Waals surface area contributed by atoms with E-state index in [-0.39, 0.29) is 43.4 Å². The summed E-state index contributed by atoms with van der Waals surface area (Å²) in [6.07, 6.45) is 2.42. The summed E-state index contributed by atoms with van der Waals surface area (Å²) < 4.78 is 24.4. The van der Waals surface area contributed by atoms with Crippen molar-refractivity contribution in [2.45, 2.75) is 26.6 Å². The van der Waals surface area contributed by atoms with Crippen LogP contribution in [0.2, 0.25) is 0 Å². The van der Waals surface area contributed by atoms with Crippen molar-refractivity contribution in [2.24, 2.45) is 5.92 Å². The molecule has 0 bridgehead atoms. The van der Waals surface area contributed by atoms with Crippen molar-refractivity contribution >= 4 is 11.8 Å². The molecular weight excluding hydrogens is 363 g/mol. The Hall–Kier alpha value is -2.67. The fraction of sp³-hybridized carbons (Fsp3) is 0.429. The lowest BCUT2D eigenvalue weighted by Crippen LogP contribution is -2.40. The monoisotopic (exact) mass is 388 g/mol. The van der Waals surface area contributed by atoms with E-state index in [1.807, 2.05) is 13.8 Å². The minimum Gasteiger partial charge on any atom is -0.472 e. The molecule has 1 saturated heterocycles. The maximum absolute atomic E-state index is 13.4. The van der Waals surface area contributed by atoms with Gasteiger partial charge in [0.15, 0.2) is 0 Å². The molecule has 3 rings (SSSR count). The predicted molar refractivity (Wildman–Crippen MR) is 101 cm³/mol. The normalized spacial score (nSPS) is 17.9. The molecule has 28 heavy (non-hydrogen) atoms. The van der Waals surface area contributed by atoms with Crippen LogP contribution in [-0.4, -0.2) is 53.9 Å². The number of hydrogen-bond donors (Lipinski definition) is 0. The van der Waals surface area contributed by atoms with Gasteiger partial charge in [-0.3, -0.25) is 9.59 Å².